The molecule has 0 spiro atoms. The van der Waals surface area contributed by atoms with Crippen molar-refractivity contribution in [3.8, 4) is 0 Å². The maximum Gasteiger partial charge on any atom is 0.265 e. The highest BCUT2D eigenvalue weighted by molar-refractivity contribution is 9.10. The van der Waals surface area contributed by atoms with Crippen LogP contribution in [0, 0.1) is 11.8 Å². The summed E-state index contributed by atoms with van der Waals surface area (Å²) in [6, 6.07) is 0. The molecular formula is C13H21BrN2OS. The Morgan fingerprint density at radius 2 is 1.94 bits per heavy atom. The van der Waals surface area contributed by atoms with Gasteiger partial charge in [0.2, 0.25) is 0 Å². The van der Waals surface area contributed by atoms with Crippen molar-refractivity contribution in [2.75, 3.05) is 5.75 Å². The quantitative estimate of drug-likeness (QED) is 0.865. The van der Waals surface area contributed by atoms with Gasteiger partial charge in [-0.3, -0.25) is 4.79 Å². The second-order valence-corrected chi connectivity index (χ2v) is 7.10. The van der Waals surface area contributed by atoms with Crippen molar-refractivity contribution in [3.63, 3.8) is 0 Å². The maximum absolute atomic E-state index is 11.8. The summed E-state index contributed by atoms with van der Waals surface area (Å²) in [5.41, 5.74) is 0.801. The minimum atomic E-state index is -0.0687. The van der Waals surface area contributed by atoms with Crippen LogP contribution in [0.4, 0.5) is 0 Å². The topological polar surface area (TPSA) is 45.8 Å². The van der Waals surface area contributed by atoms with E-state index in [4.69, 9.17) is 0 Å². The first-order valence-electron chi connectivity index (χ1n) is 6.25. The van der Waals surface area contributed by atoms with E-state index in [1.54, 1.807) is 0 Å². The Bertz CT molecular complexity index is 443. The van der Waals surface area contributed by atoms with E-state index in [9.17, 15) is 4.79 Å². The number of thioether (sulfide) groups is 1. The number of H-pyrrole nitrogens is 1. The molecule has 0 amide bonds. The Labute approximate surface area is 121 Å². The zero-order chi connectivity index (χ0) is 13.7. The Morgan fingerprint density at radius 1 is 1.28 bits per heavy atom. The molecule has 5 heteroatoms. The number of aromatic amines is 1. The summed E-state index contributed by atoms with van der Waals surface area (Å²) >= 11 is 5.13. The predicted octanol–water partition coefficient (Wildman–Crippen LogP) is 3.62. The summed E-state index contributed by atoms with van der Waals surface area (Å²) in [6.45, 7) is 8.63. The number of aromatic nitrogens is 2. The van der Waals surface area contributed by atoms with Gasteiger partial charge >= 0.3 is 0 Å². The molecule has 0 aliphatic carbocycles. The maximum atomic E-state index is 11.8. The van der Waals surface area contributed by atoms with E-state index in [0.29, 0.717) is 16.3 Å². The molecule has 0 aromatic carbocycles. The zero-order valence-corrected chi connectivity index (χ0v) is 13.8. The van der Waals surface area contributed by atoms with Crippen LogP contribution in [0.25, 0.3) is 0 Å². The van der Waals surface area contributed by atoms with Gasteiger partial charge < -0.3 is 4.98 Å². The SMILES string of the molecule is CC(C)CSCc1nc(CC(C)C)c(Br)c(=O)[nH]1. The molecule has 0 saturated heterocycles. The van der Waals surface area contributed by atoms with Crippen LogP contribution in [-0.4, -0.2) is 15.7 Å². The molecule has 3 nitrogen and oxygen atoms in total. The van der Waals surface area contributed by atoms with E-state index in [1.165, 1.54) is 0 Å². The summed E-state index contributed by atoms with van der Waals surface area (Å²) in [4.78, 5) is 19.2. The lowest BCUT2D eigenvalue weighted by molar-refractivity contribution is 0.628. The largest absolute Gasteiger partial charge is 0.309 e. The van der Waals surface area contributed by atoms with Crippen LogP contribution < -0.4 is 5.56 Å². The third-order valence-electron chi connectivity index (χ3n) is 2.27. The van der Waals surface area contributed by atoms with Gasteiger partial charge in [-0.1, -0.05) is 27.7 Å². The van der Waals surface area contributed by atoms with Gasteiger partial charge in [-0.25, -0.2) is 4.98 Å². The van der Waals surface area contributed by atoms with Crippen molar-refractivity contribution in [1.29, 1.82) is 0 Å². The van der Waals surface area contributed by atoms with E-state index in [2.05, 4.69) is 53.6 Å². The molecular weight excluding hydrogens is 312 g/mol. The van der Waals surface area contributed by atoms with Gasteiger partial charge in [0.15, 0.2) is 0 Å². The first-order valence-corrected chi connectivity index (χ1v) is 8.20. The fourth-order valence-electron chi connectivity index (χ4n) is 1.54. The van der Waals surface area contributed by atoms with Crippen molar-refractivity contribution in [1.82, 2.24) is 9.97 Å². The number of hydrogen-bond acceptors (Lipinski definition) is 3. The minimum Gasteiger partial charge on any atom is -0.309 e. The molecule has 0 radical (unpaired) electrons. The highest BCUT2D eigenvalue weighted by Gasteiger charge is 2.10. The molecule has 1 N–H and O–H groups in total. The van der Waals surface area contributed by atoms with E-state index in [1.807, 2.05) is 11.8 Å². The second kappa shape index (κ2) is 7.34. The Hall–Kier alpha value is -0.290. The number of nitrogens with one attached hydrogen (secondary N) is 1. The van der Waals surface area contributed by atoms with Gasteiger partial charge in [-0.05, 0) is 39.9 Å². The third kappa shape index (κ3) is 5.14. The van der Waals surface area contributed by atoms with Crippen molar-refractivity contribution in [2.24, 2.45) is 11.8 Å². The summed E-state index contributed by atoms with van der Waals surface area (Å²) in [6.07, 6.45) is 0.826. The Kier molecular flexibility index (Phi) is 6.43. The third-order valence-corrected chi connectivity index (χ3v) is 4.47. The molecule has 0 fully saturated rings. The molecule has 0 atom stereocenters. The molecule has 1 aromatic heterocycles. The number of halogens is 1. The number of rotatable bonds is 6. The van der Waals surface area contributed by atoms with E-state index < -0.39 is 0 Å². The summed E-state index contributed by atoms with van der Waals surface area (Å²) < 4.78 is 0.578. The summed E-state index contributed by atoms with van der Waals surface area (Å²) in [7, 11) is 0. The molecule has 0 saturated carbocycles. The van der Waals surface area contributed by atoms with E-state index in [0.717, 1.165) is 29.4 Å². The fourth-order valence-corrected chi connectivity index (χ4v) is 2.81. The van der Waals surface area contributed by atoms with Crippen molar-refractivity contribution in [2.45, 2.75) is 39.9 Å². The molecule has 1 heterocycles. The van der Waals surface area contributed by atoms with Gasteiger partial charge in [0.05, 0.1) is 11.4 Å². The fraction of sp³-hybridized carbons (Fsp3) is 0.692. The second-order valence-electron chi connectivity index (χ2n) is 5.28. The number of hydrogen-bond donors (Lipinski definition) is 1. The van der Waals surface area contributed by atoms with Crippen LogP contribution in [-0.2, 0) is 12.2 Å². The van der Waals surface area contributed by atoms with Gasteiger partial charge in [-0.15, -0.1) is 0 Å². The standard InChI is InChI=1S/C13H21BrN2OS/c1-8(2)5-10-12(14)13(17)16-11(15-10)7-18-6-9(3)4/h8-9H,5-7H2,1-4H3,(H,15,16,17). The van der Waals surface area contributed by atoms with Gasteiger partial charge in [0, 0.05) is 0 Å². The van der Waals surface area contributed by atoms with Gasteiger partial charge in [-0.2, -0.15) is 11.8 Å². The van der Waals surface area contributed by atoms with Crippen LogP contribution in [0.2, 0.25) is 0 Å². The molecule has 0 unspecified atom stereocenters. The van der Waals surface area contributed by atoms with Crippen LogP contribution in [0.3, 0.4) is 0 Å². The molecule has 1 aromatic rings. The first-order chi connectivity index (χ1) is 8.40. The van der Waals surface area contributed by atoms with Crippen molar-refractivity contribution in [3.05, 3.63) is 26.3 Å². The lowest BCUT2D eigenvalue weighted by atomic mass is 10.1. The zero-order valence-electron chi connectivity index (χ0n) is 11.4. The van der Waals surface area contributed by atoms with Crippen LogP contribution >= 0.6 is 27.7 Å². The van der Waals surface area contributed by atoms with Crippen LogP contribution in [0.15, 0.2) is 9.27 Å². The predicted molar refractivity (Wildman–Crippen MR) is 82.1 cm³/mol. The smallest absolute Gasteiger partial charge is 0.265 e. The van der Waals surface area contributed by atoms with E-state index >= 15 is 0 Å². The van der Waals surface area contributed by atoms with Gasteiger partial charge in [0.25, 0.3) is 5.56 Å². The molecule has 0 aliphatic rings. The normalized spacial score (nSPS) is 11.5. The van der Waals surface area contributed by atoms with Crippen LogP contribution in [0.5, 0.6) is 0 Å². The lowest BCUT2D eigenvalue weighted by Crippen LogP contribution is -2.16. The van der Waals surface area contributed by atoms with Crippen molar-refractivity contribution < 1.29 is 0 Å². The molecule has 1 rings (SSSR count). The Balaban J connectivity index is 2.80. The average Bonchev–Trinajstić information content (AvgIpc) is 2.24. The molecule has 0 bridgehead atoms. The Morgan fingerprint density at radius 3 is 2.50 bits per heavy atom. The molecule has 102 valence electrons. The lowest BCUT2D eigenvalue weighted by Gasteiger charge is -2.09. The molecule has 0 aliphatic heterocycles. The van der Waals surface area contributed by atoms with Crippen molar-refractivity contribution >= 4 is 27.7 Å². The van der Waals surface area contributed by atoms with Crippen LogP contribution in [0.1, 0.15) is 39.2 Å². The average molecular weight is 333 g/mol. The van der Waals surface area contributed by atoms with Gasteiger partial charge in [0.1, 0.15) is 10.3 Å². The molecule has 18 heavy (non-hydrogen) atoms. The van der Waals surface area contributed by atoms with E-state index in [-0.39, 0.29) is 5.56 Å². The number of nitrogens with zero attached hydrogens (tertiary/aromatic N) is 1. The highest BCUT2D eigenvalue weighted by atomic mass is 79.9. The summed E-state index contributed by atoms with van der Waals surface area (Å²) in [5, 5.41) is 0. The monoisotopic (exact) mass is 332 g/mol. The highest BCUT2D eigenvalue weighted by Crippen LogP contribution is 2.16. The first kappa shape index (κ1) is 15.8. The minimum absolute atomic E-state index is 0.0687. The summed E-state index contributed by atoms with van der Waals surface area (Å²) in [5.74, 6) is 3.79.